The van der Waals surface area contributed by atoms with Gasteiger partial charge in [0, 0.05) is 24.2 Å². The van der Waals surface area contributed by atoms with Gasteiger partial charge in [0.05, 0.1) is 5.52 Å². The van der Waals surface area contributed by atoms with Crippen molar-refractivity contribution in [2.24, 2.45) is 5.92 Å². The number of carbonyl (C=O) groups excluding carboxylic acids is 1. The molecule has 0 aliphatic carbocycles. The van der Waals surface area contributed by atoms with Crippen LogP contribution in [0.1, 0.15) is 19.8 Å². The number of fused-ring (bicyclic) bond motifs is 1. The van der Waals surface area contributed by atoms with Crippen LogP contribution in [0.4, 0.5) is 0 Å². The first-order chi connectivity index (χ1) is 10.0. The third kappa shape index (κ3) is 2.83. The number of carbonyl (C=O) groups is 1. The van der Waals surface area contributed by atoms with Crippen molar-refractivity contribution in [1.82, 2.24) is 9.47 Å². The number of nitrogens with zero attached hydrogens (tertiary/aromatic N) is 2. The summed E-state index contributed by atoms with van der Waals surface area (Å²) in [6.45, 7) is 3.68. The first-order valence-electron chi connectivity index (χ1n) is 7.11. The molecular formula is C15H17ClN2O3. The van der Waals surface area contributed by atoms with E-state index in [2.05, 4.69) is 6.92 Å². The fourth-order valence-electron chi connectivity index (χ4n) is 2.84. The van der Waals surface area contributed by atoms with E-state index in [4.69, 9.17) is 16.0 Å². The highest BCUT2D eigenvalue weighted by Gasteiger charge is 2.22. The summed E-state index contributed by atoms with van der Waals surface area (Å²) >= 11 is 5.88. The van der Waals surface area contributed by atoms with Crippen LogP contribution < -0.4 is 5.76 Å². The lowest BCUT2D eigenvalue weighted by Crippen LogP contribution is -2.41. The third-order valence-electron chi connectivity index (χ3n) is 3.93. The number of halogens is 1. The molecule has 1 aliphatic rings. The predicted molar refractivity (Wildman–Crippen MR) is 80.5 cm³/mol. The molecule has 2 aromatic rings. The lowest BCUT2D eigenvalue weighted by Gasteiger charge is -2.30. The van der Waals surface area contributed by atoms with E-state index in [0.29, 0.717) is 22.0 Å². The lowest BCUT2D eigenvalue weighted by molar-refractivity contribution is -0.133. The second-order valence-corrected chi connectivity index (χ2v) is 6.09. The molecule has 1 amide bonds. The SMILES string of the molecule is C[C@@H]1CCCN(C(=O)Cn2c(=O)oc3cc(Cl)ccc32)C1. The van der Waals surface area contributed by atoms with E-state index in [1.807, 2.05) is 4.90 Å². The number of hydrogen-bond donors (Lipinski definition) is 0. The van der Waals surface area contributed by atoms with Gasteiger partial charge in [-0.25, -0.2) is 4.79 Å². The number of likely N-dealkylation sites (tertiary alicyclic amines) is 1. The predicted octanol–water partition coefficient (Wildman–Crippen LogP) is 2.51. The Morgan fingerprint density at radius 3 is 3.05 bits per heavy atom. The Kier molecular flexibility index (Phi) is 3.76. The van der Waals surface area contributed by atoms with Crippen LogP contribution in [0.25, 0.3) is 11.1 Å². The number of piperidine rings is 1. The zero-order chi connectivity index (χ0) is 15.0. The van der Waals surface area contributed by atoms with Gasteiger partial charge in [-0.15, -0.1) is 0 Å². The van der Waals surface area contributed by atoms with Crippen LogP contribution in [-0.2, 0) is 11.3 Å². The molecule has 1 fully saturated rings. The van der Waals surface area contributed by atoms with E-state index >= 15 is 0 Å². The van der Waals surface area contributed by atoms with Crippen molar-refractivity contribution >= 4 is 28.6 Å². The summed E-state index contributed by atoms with van der Waals surface area (Å²) in [5, 5.41) is 0.500. The summed E-state index contributed by atoms with van der Waals surface area (Å²) in [6, 6.07) is 4.97. The minimum absolute atomic E-state index is 0.0141. The van der Waals surface area contributed by atoms with Gasteiger partial charge < -0.3 is 9.32 Å². The number of hydrogen-bond acceptors (Lipinski definition) is 3. The molecule has 112 valence electrons. The molecule has 2 heterocycles. The highest BCUT2D eigenvalue weighted by atomic mass is 35.5. The van der Waals surface area contributed by atoms with Crippen molar-refractivity contribution in [3.8, 4) is 0 Å². The van der Waals surface area contributed by atoms with Crippen LogP contribution in [-0.4, -0.2) is 28.5 Å². The molecule has 1 aliphatic heterocycles. The summed E-state index contributed by atoms with van der Waals surface area (Å²) in [4.78, 5) is 26.1. The number of oxazole rings is 1. The summed E-state index contributed by atoms with van der Waals surface area (Å²) in [7, 11) is 0. The maximum Gasteiger partial charge on any atom is 0.420 e. The smallest absolute Gasteiger partial charge is 0.408 e. The summed E-state index contributed by atoms with van der Waals surface area (Å²) in [5.74, 6) is -0.0497. The van der Waals surface area contributed by atoms with Gasteiger partial charge >= 0.3 is 5.76 Å². The fraction of sp³-hybridized carbons (Fsp3) is 0.467. The molecule has 6 heteroatoms. The Bertz CT molecular complexity index is 734. The van der Waals surface area contributed by atoms with Crippen molar-refractivity contribution < 1.29 is 9.21 Å². The molecule has 0 radical (unpaired) electrons. The maximum absolute atomic E-state index is 12.4. The summed E-state index contributed by atoms with van der Waals surface area (Å²) < 4.78 is 6.51. The molecule has 5 nitrogen and oxygen atoms in total. The fourth-order valence-corrected chi connectivity index (χ4v) is 3.00. The molecule has 1 saturated heterocycles. The number of rotatable bonds is 2. The van der Waals surface area contributed by atoms with Crippen LogP contribution in [0, 0.1) is 5.92 Å². The largest absolute Gasteiger partial charge is 0.420 e. The van der Waals surface area contributed by atoms with Gasteiger partial charge in [0.2, 0.25) is 5.91 Å². The van der Waals surface area contributed by atoms with Gasteiger partial charge in [0.15, 0.2) is 5.58 Å². The van der Waals surface area contributed by atoms with Gasteiger partial charge in [0.25, 0.3) is 0 Å². The molecule has 0 N–H and O–H groups in total. The van der Waals surface area contributed by atoms with E-state index in [1.165, 1.54) is 4.57 Å². The van der Waals surface area contributed by atoms with Gasteiger partial charge in [-0.3, -0.25) is 9.36 Å². The zero-order valence-corrected chi connectivity index (χ0v) is 12.6. The molecule has 0 saturated carbocycles. The van der Waals surface area contributed by atoms with Crippen LogP contribution in [0.3, 0.4) is 0 Å². The number of aromatic nitrogens is 1. The average molecular weight is 309 g/mol. The average Bonchev–Trinajstić information content (AvgIpc) is 2.74. The monoisotopic (exact) mass is 308 g/mol. The van der Waals surface area contributed by atoms with E-state index in [0.717, 1.165) is 25.9 Å². The molecule has 0 spiro atoms. The molecule has 0 bridgehead atoms. The highest BCUT2D eigenvalue weighted by molar-refractivity contribution is 6.31. The minimum atomic E-state index is -0.523. The minimum Gasteiger partial charge on any atom is -0.408 e. The van der Waals surface area contributed by atoms with Crippen LogP contribution in [0.2, 0.25) is 5.02 Å². The van der Waals surface area contributed by atoms with Crippen LogP contribution in [0.15, 0.2) is 27.4 Å². The Morgan fingerprint density at radius 1 is 1.48 bits per heavy atom. The Balaban J connectivity index is 1.86. The van der Waals surface area contributed by atoms with E-state index in [9.17, 15) is 9.59 Å². The quantitative estimate of drug-likeness (QED) is 0.856. The first-order valence-corrected chi connectivity index (χ1v) is 7.49. The third-order valence-corrected chi connectivity index (χ3v) is 4.17. The second kappa shape index (κ2) is 5.56. The molecular weight excluding hydrogens is 292 g/mol. The zero-order valence-electron chi connectivity index (χ0n) is 11.8. The van der Waals surface area contributed by atoms with Crippen LogP contribution >= 0.6 is 11.6 Å². The number of benzene rings is 1. The highest BCUT2D eigenvalue weighted by Crippen LogP contribution is 2.19. The Morgan fingerprint density at radius 2 is 2.29 bits per heavy atom. The van der Waals surface area contributed by atoms with Crippen molar-refractivity contribution in [2.75, 3.05) is 13.1 Å². The number of amides is 1. The van der Waals surface area contributed by atoms with E-state index in [-0.39, 0.29) is 12.5 Å². The topological polar surface area (TPSA) is 55.5 Å². The van der Waals surface area contributed by atoms with Crippen molar-refractivity contribution in [2.45, 2.75) is 26.3 Å². The van der Waals surface area contributed by atoms with Crippen molar-refractivity contribution in [1.29, 1.82) is 0 Å². The molecule has 1 aromatic heterocycles. The van der Waals surface area contributed by atoms with Gasteiger partial charge in [-0.05, 0) is 30.9 Å². The van der Waals surface area contributed by atoms with Gasteiger partial charge in [-0.1, -0.05) is 18.5 Å². The molecule has 21 heavy (non-hydrogen) atoms. The lowest BCUT2D eigenvalue weighted by atomic mass is 10.0. The van der Waals surface area contributed by atoms with Crippen molar-refractivity contribution in [3.05, 3.63) is 33.8 Å². The molecule has 1 aromatic carbocycles. The van der Waals surface area contributed by atoms with Crippen molar-refractivity contribution in [3.63, 3.8) is 0 Å². The van der Waals surface area contributed by atoms with Gasteiger partial charge in [0.1, 0.15) is 6.54 Å². The Hall–Kier alpha value is -1.75. The van der Waals surface area contributed by atoms with E-state index < -0.39 is 5.76 Å². The second-order valence-electron chi connectivity index (χ2n) is 5.65. The Labute approximate surface area is 127 Å². The maximum atomic E-state index is 12.4. The molecule has 1 atom stereocenters. The first kappa shape index (κ1) is 14.2. The standard InChI is InChI=1S/C15H17ClN2O3/c1-10-3-2-6-17(8-10)14(19)9-18-12-5-4-11(16)7-13(12)21-15(18)20/h4-5,7,10H,2-3,6,8-9H2,1H3/t10-/m1/s1. The summed E-state index contributed by atoms with van der Waals surface area (Å²) in [6.07, 6.45) is 2.17. The van der Waals surface area contributed by atoms with Crippen LogP contribution in [0.5, 0.6) is 0 Å². The molecule has 0 unspecified atom stereocenters. The van der Waals surface area contributed by atoms with E-state index in [1.54, 1.807) is 18.2 Å². The summed E-state index contributed by atoms with van der Waals surface area (Å²) in [5.41, 5.74) is 1.01. The molecule has 3 rings (SSSR count). The van der Waals surface area contributed by atoms with Gasteiger partial charge in [-0.2, -0.15) is 0 Å². The normalized spacial score (nSPS) is 19.1.